The van der Waals surface area contributed by atoms with E-state index in [0.717, 1.165) is 24.0 Å². The molecule has 208 valence electrons. The fourth-order valence-corrected chi connectivity index (χ4v) is 5.23. The van der Waals surface area contributed by atoms with Crippen molar-refractivity contribution in [1.29, 1.82) is 5.41 Å². The first-order chi connectivity index (χ1) is 19.4. The van der Waals surface area contributed by atoms with Gasteiger partial charge in [-0.3, -0.25) is 19.8 Å². The average molecular weight is 541 g/mol. The molecule has 3 aromatic rings. The third-order valence-corrected chi connectivity index (χ3v) is 7.39. The van der Waals surface area contributed by atoms with Crippen LogP contribution in [0.4, 0.5) is 0 Å². The summed E-state index contributed by atoms with van der Waals surface area (Å²) in [4.78, 5) is 39.7. The molecule has 1 saturated heterocycles. The topological polar surface area (TPSA) is 126 Å². The molecule has 2 amide bonds. The normalized spacial score (nSPS) is 16.5. The Balaban J connectivity index is 1.33. The van der Waals surface area contributed by atoms with E-state index in [9.17, 15) is 14.4 Å². The summed E-state index contributed by atoms with van der Waals surface area (Å²) in [5, 5.41) is 10.6. The number of methoxy groups -OCH3 is 1. The van der Waals surface area contributed by atoms with E-state index in [1.54, 1.807) is 18.2 Å². The average Bonchev–Trinajstić information content (AvgIpc) is 3.26. The summed E-state index contributed by atoms with van der Waals surface area (Å²) in [5.41, 5.74) is 9.85. The second kappa shape index (κ2) is 13.6. The summed E-state index contributed by atoms with van der Waals surface area (Å²) in [6.07, 6.45) is 2.95. The van der Waals surface area contributed by atoms with Gasteiger partial charge in [0.2, 0.25) is 5.91 Å². The Hall–Kier alpha value is -4.46. The molecule has 4 rings (SSSR count). The smallest absolute Gasteiger partial charge is 0.306 e. The van der Waals surface area contributed by atoms with Crippen LogP contribution in [0, 0.1) is 11.3 Å². The number of amides is 2. The van der Waals surface area contributed by atoms with E-state index < -0.39 is 0 Å². The van der Waals surface area contributed by atoms with Crippen LogP contribution in [0.25, 0.3) is 11.1 Å². The van der Waals surface area contributed by atoms with Crippen LogP contribution in [-0.2, 0) is 20.7 Å². The van der Waals surface area contributed by atoms with Crippen LogP contribution in [-0.4, -0.2) is 54.8 Å². The number of likely N-dealkylation sites (tertiary alicyclic amines) is 1. The van der Waals surface area contributed by atoms with E-state index in [4.69, 9.17) is 15.9 Å². The highest BCUT2D eigenvalue weighted by atomic mass is 16.5. The van der Waals surface area contributed by atoms with Crippen LogP contribution < -0.4 is 11.1 Å². The van der Waals surface area contributed by atoms with Crippen LogP contribution in [0.1, 0.15) is 47.2 Å². The fourth-order valence-electron chi connectivity index (χ4n) is 5.23. The lowest BCUT2D eigenvalue weighted by molar-refractivity contribution is -0.144. The van der Waals surface area contributed by atoms with E-state index in [0.29, 0.717) is 37.1 Å². The maximum atomic E-state index is 13.1. The Labute approximate surface area is 235 Å². The lowest BCUT2D eigenvalue weighted by atomic mass is 10.00. The first-order valence-corrected chi connectivity index (χ1v) is 13.6. The maximum absolute atomic E-state index is 13.1. The van der Waals surface area contributed by atoms with Crippen LogP contribution in [0.3, 0.4) is 0 Å². The number of esters is 1. The molecule has 40 heavy (non-hydrogen) atoms. The summed E-state index contributed by atoms with van der Waals surface area (Å²) in [6.45, 7) is 1.02. The van der Waals surface area contributed by atoms with Gasteiger partial charge in [-0.1, -0.05) is 60.7 Å². The molecule has 1 aliphatic heterocycles. The lowest BCUT2D eigenvalue weighted by Gasteiger charge is -2.25. The van der Waals surface area contributed by atoms with E-state index in [1.165, 1.54) is 12.7 Å². The summed E-state index contributed by atoms with van der Waals surface area (Å²) >= 11 is 0. The van der Waals surface area contributed by atoms with E-state index in [2.05, 4.69) is 17.4 Å². The Morgan fingerprint density at radius 1 is 1.00 bits per heavy atom. The van der Waals surface area contributed by atoms with Gasteiger partial charge in [-0.25, -0.2) is 0 Å². The molecule has 8 nitrogen and oxygen atoms in total. The second-order valence-corrected chi connectivity index (χ2v) is 10.1. The molecule has 0 aromatic heterocycles. The summed E-state index contributed by atoms with van der Waals surface area (Å²) in [6, 6.07) is 24.8. The van der Waals surface area contributed by atoms with E-state index in [1.807, 2.05) is 53.4 Å². The number of hydrogen-bond acceptors (Lipinski definition) is 5. The Bertz CT molecular complexity index is 1340. The standard InChI is InChI=1S/C32H36N4O4/c1-40-29(37)21-27-20-28(36(32(27)39)18-6-9-22-7-3-2-4-8-22)16-17-35-31(38)24-14-12-23(13-15-24)25-10-5-11-26(19-25)30(33)34/h2-5,7-8,10-15,19,27-28H,6,9,16-18,20-21H2,1H3,(H3,33,34)(H,35,38)/t27-,28+/m0/s1. The van der Waals surface area contributed by atoms with Crippen molar-refractivity contribution in [2.24, 2.45) is 11.7 Å². The largest absolute Gasteiger partial charge is 0.469 e. The number of amidine groups is 1. The molecule has 0 saturated carbocycles. The summed E-state index contributed by atoms with van der Waals surface area (Å²) < 4.78 is 4.80. The maximum Gasteiger partial charge on any atom is 0.306 e. The highest BCUT2D eigenvalue weighted by Gasteiger charge is 2.39. The van der Waals surface area contributed by atoms with Gasteiger partial charge in [-0.2, -0.15) is 0 Å². The molecule has 2 atom stereocenters. The number of nitrogen functional groups attached to an aromatic ring is 1. The van der Waals surface area contributed by atoms with E-state index >= 15 is 0 Å². The van der Waals surface area contributed by atoms with Gasteiger partial charge in [0.1, 0.15) is 5.84 Å². The zero-order valence-corrected chi connectivity index (χ0v) is 22.8. The molecule has 0 radical (unpaired) electrons. The Kier molecular flexibility index (Phi) is 9.67. The highest BCUT2D eigenvalue weighted by molar-refractivity contribution is 5.97. The van der Waals surface area contributed by atoms with Crippen molar-refractivity contribution in [1.82, 2.24) is 10.2 Å². The monoisotopic (exact) mass is 540 g/mol. The third-order valence-electron chi connectivity index (χ3n) is 7.39. The number of benzene rings is 3. The number of nitrogens with two attached hydrogens (primary N) is 1. The van der Waals surface area contributed by atoms with Crippen molar-refractivity contribution in [3.63, 3.8) is 0 Å². The zero-order chi connectivity index (χ0) is 28.5. The number of aryl methyl sites for hydroxylation is 1. The SMILES string of the molecule is COC(=O)C[C@@H]1C[C@@H](CCNC(=O)c2ccc(-c3cccc(C(=N)N)c3)cc2)N(CCCc2ccccc2)C1=O. The van der Waals surface area contributed by atoms with Crippen molar-refractivity contribution < 1.29 is 19.1 Å². The number of hydrogen-bond donors (Lipinski definition) is 3. The number of nitrogens with zero attached hydrogens (tertiary/aromatic N) is 1. The number of rotatable bonds is 12. The predicted octanol–water partition coefficient (Wildman–Crippen LogP) is 4.17. The van der Waals surface area contributed by atoms with Gasteiger partial charge in [-0.15, -0.1) is 0 Å². The molecule has 0 aliphatic carbocycles. The molecule has 8 heteroatoms. The van der Waals surface area contributed by atoms with Crippen molar-refractivity contribution in [2.45, 2.75) is 38.1 Å². The molecular formula is C32H36N4O4. The minimum Gasteiger partial charge on any atom is -0.469 e. The van der Waals surface area contributed by atoms with Gasteiger partial charge in [0.25, 0.3) is 5.91 Å². The van der Waals surface area contributed by atoms with Crippen LogP contribution in [0.2, 0.25) is 0 Å². The van der Waals surface area contributed by atoms with Gasteiger partial charge in [0, 0.05) is 30.3 Å². The van der Waals surface area contributed by atoms with Gasteiger partial charge >= 0.3 is 5.97 Å². The number of carbonyl (C=O) groups excluding carboxylic acids is 3. The molecule has 0 bridgehead atoms. The van der Waals surface area contributed by atoms with E-state index in [-0.39, 0.29) is 42.0 Å². The first-order valence-electron chi connectivity index (χ1n) is 13.6. The zero-order valence-electron chi connectivity index (χ0n) is 22.8. The van der Waals surface area contributed by atoms with Crippen LogP contribution in [0.15, 0.2) is 78.9 Å². The van der Waals surface area contributed by atoms with Crippen molar-refractivity contribution in [3.8, 4) is 11.1 Å². The molecule has 1 aliphatic rings. The predicted molar refractivity (Wildman–Crippen MR) is 155 cm³/mol. The third kappa shape index (κ3) is 7.34. The number of ether oxygens (including phenoxy) is 1. The van der Waals surface area contributed by atoms with Crippen molar-refractivity contribution in [3.05, 3.63) is 95.6 Å². The van der Waals surface area contributed by atoms with Gasteiger partial charge < -0.3 is 20.7 Å². The van der Waals surface area contributed by atoms with Crippen molar-refractivity contribution >= 4 is 23.6 Å². The number of nitrogens with one attached hydrogen (secondary N) is 2. The number of carbonyl (C=O) groups is 3. The molecule has 0 unspecified atom stereocenters. The molecular weight excluding hydrogens is 504 g/mol. The lowest BCUT2D eigenvalue weighted by Crippen LogP contribution is -2.37. The van der Waals surface area contributed by atoms with Crippen molar-refractivity contribution in [2.75, 3.05) is 20.2 Å². The Morgan fingerprint density at radius 2 is 1.75 bits per heavy atom. The summed E-state index contributed by atoms with van der Waals surface area (Å²) in [7, 11) is 1.34. The van der Waals surface area contributed by atoms with Crippen LogP contribution in [0.5, 0.6) is 0 Å². The second-order valence-electron chi connectivity index (χ2n) is 10.1. The minimum absolute atomic E-state index is 0.00758. The molecule has 1 heterocycles. The Morgan fingerprint density at radius 3 is 2.45 bits per heavy atom. The molecule has 0 spiro atoms. The summed E-state index contributed by atoms with van der Waals surface area (Å²) in [5.74, 6) is -0.963. The van der Waals surface area contributed by atoms with Crippen LogP contribution >= 0.6 is 0 Å². The quantitative estimate of drug-likeness (QED) is 0.181. The first kappa shape index (κ1) is 28.5. The molecule has 1 fully saturated rings. The fraction of sp³-hybridized carbons (Fsp3) is 0.312. The molecule has 4 N–H and O–H groups in total. The van der Waals surface area contributed by atoms with Gasteiger partial charge in [0.05, 0.1) is 19.4 Å². The van der Waals surface area contributed by atoms with Gasteiger partial charge in [0.15, 0.2) is 0 Å². The van der Waals surface area contributed by atoms with Gasteiger partial charge in [-0.05, 0) is 60.6 Å². The molecule has 3 aromatic carbocycles. The highest BCUT2D eigenvalue weighted by Crippen LogP contribution is 2.30. The minimum atomic E-state index is -0.390.